The van der Waals surface area contributed by atoms with E-state index >= 15 is 0 Å². The van der Waals surface area contributed by atoms with E-state index in [1.165, 1.54) is 0 Å². The minimum Gasteiger partial charge on any atom is -0.333 e. The van der Waals surface area contributed by atoms with Gasteiger partial charge in [0, 0.05) is 30.8 Å². The highest BCUT2D eigenvalue weighted by Gasteiger charge is 2.28. The van der Waals surface area contributed by atoms with E-state index in [0.29, 0.717) is 12.2 Å². The lowest BCUT2D eigenvalue weighted by Gasteiger charge is -2.24. The first-order chi connectivity index (χ1) is 16.7. The minimum atomic E-state index is 0.0410. The molecule has 0 atom stereocenters. The first-order valence-corrected chi connectivity index (χ1v) is 12.3. The van der Waals surface area contributed by atoms with Gasteiger partial charge < -0.3 is 9.47 Å². The van der Waals surface area contributed by atoms with Crippen molar-refractivity contribution in [2.75, 3.05) is 6.54 Å². The second kappa shape index (κ2) is 11.5. The van der Waals surface area contributed by atoms with Crippen molar-refractivity contribution in [3.05, 3.63) is 102 Å². The molecule has 1 amide bonds. The first kappa shape index (κ1) is 23.5. The quantitative estimate of drug-likeness (QED) is 0.259. The molecule has 0 saturated carbocycles. The van der Waals surface area contributed by atoms with Crippen molar-refractivity contribution >= 4 is 5.91 Å². The van der Waals surface area contributed by atoms with Crippen LogP contribution in [0.3, 0.4) is 0 Å². The van der Waals surface area contributed by atoms with Gasteiger partial charge in [0.1, 0.15) is 17.2 Å². The van der Waals surface area contributed by atoms with Crippen molar-refractivity contribution in [2.45, 2.75) is 46.2 Å². The van der Waals surface area contributed by atoms with Crippen LogP contribution in [0.2, 0.25) is 0 Å². The Balaban J connectivity index is 1.86. The number of carbonyl (C=O) groups is 1. The van der Waals surface area contributed by atoms with E-state index in [2.05, 4.69) is 42.7 Å². The third-order valence-electron chi connectivity index (χ3n) is 5.98. The van der Waals surface area contributed by atoms with Crippen molar-refractivity contribution in [3.63, 3.8) is 0 Å². The Kier molecular flexibility index (Phi) is 7.92. The van der Waals surface area contributed by atoms with Crippen LogP contribution in [0.5, 0.6) is 0 Å². The number of hydrogen-bond acceptors (Lipinski definition) is 2. The topological polar surface area (TPSA) is 38.1 Å². The molecule has 0 N–H and O–H groups in total. The summed E-state index contributed by atoms with van der Waals surface area (Å²) in [6, 6.07) is 30.5. The molecule has 0 spiro atoms. The van der Waals surface area contributed by atoms with Crippen molar-refractivity contribution in [2.24, 2.45) is 0 Å². The van der Waals surface area contributed by atoms with E-state index in [1.807, 2.05) is 71.6 Å². The van der Waals surface area contributed by atoms with Gasteiger partial charge in [-0.15, -0.1) is 0 Å². The maximum absolute atomic E-state index is 14.3. The normalized spacial score (nSPS) is 10.9. The van der Waals surface area contributed by atoms with Gasteiger partial charge in [0.2, 0.25) is 0 Å². The van der Waals surface area contributed by atoms with E-state index < -0.39 is 0 Å². The van der Waals surface area contributed by atoms with Crippen LogP contribution in [0.15, 0.2) is 91.0 Å². The molecule has 4 heteroatoms. The molecule has 174 valence electrons. The molecule has 34 heavy (non-hydrogen) atoms. The molecule has 0 aliphatic rings. The van der Waals surface area contributed by atoms with Gasteiger partial charge in [0.15, 0.2) is 0 Å². The Bertz CT molecular complexity index is 1180. The zero-order valence-corrected chi connectivity index (χ0v) is 20.2. The van der Waals surface area contributed by atoms with Crippen molar-refractivity contribution < 1.29 is 4.79 Å². The summed E-state index contributed by atoms with van der Waals surface area (Å²) in [5.74, 6) is 0.888. The summed E-state index contributed by atoms with van der Waals surface area (Å²) in [5.41, 5.74) is 4.56. The number of aromatic nitrogens is 2. The molecule has 4 aromatic rings. The summed E-state index contributed by atoms with van der Waals surface area (Å²) in [6.45, 7) is 6.35. The molecular formula is C30H33N3O. The zero-order chi connectivity index (χ0) is 23.8. The third kappa shape index (κ3) is 5.28. The standard InChI is InChI=1S/C30H33N3O/c1-3-5-22-32(23-24-15-9-6-10-16-24)30(34)28-27(25-17-11-7-12-18-25)31-29(33(28)21-4-2)26-19-13-8-14-20-26/h6-20H,3-5,21-23H2,1-2H3. The molecule has 4 rings (SSSR count). The van der Waals surface area contributed by atoms with Crippen molar-refractivity contribution in [3.8, 4) is 22.6 Å². The lowest BCUT2D eigenvalue weighted by molar-refractivity contribution is 0.0730. The molecule has 4 nitrogen and oxygen atoms in total. The van der Waals surface area contributed by atoms with Gasteiger partial charge in [-0.3, -0.25) is 4.79 Å². The molecule has 0 saturated heterocycles. The third-order valence-corrected chi connectivity index (χ3v) is 5.98. The zero-order valence-electron chi connectivity index (χ0n) is 20.2. The van der Waals surface area contributed by atoms with Crippen LogP contribution in [0.1, 0.15) is 49.2 Å². The smallest absolute Gasteiger partial charge is 0.273 e. The van der Waals surface area contributed by atoms with Gasteiger partial charge in [-0.25, -0.2) is 4.98 Å². The first-order valence-electron chi connectivity index (χ1n) is 12.3. The SMILES string of the molecule is CCCCN(Cc1ccccc1)C(=O)c1c(-c2ccccc2)nc(-c2ccccc2)n1CCC. The van der Waals surface area contributed by atoms with Crippen LogP contribution in [0, 0.1) is 0 Å². The molecule has 0 aliphatic heterocycles. The molecule has 0 fully saturated rings. The fraction of sp³-hybridized carbons (Fsp3) is 0.267. The number of hydrogen-bond donors (Lipinski definition) is 0. The maximum Gasteiger partial charge on any atom is 0.273 e. The summed E-state index contributed by atoms with van der Waals surface area (Å²) < 4.78 is 2.13. The highest BCUT2D eigenvalue weighted by molar-refractivity contribution is 5.99. The lowest BCUT2D eigenvalue weighted by atomic mass is 10.1. The largest absolute Gasteiger partial charge is 0.333 e. The number of unbranched alkanes of at least 4 members (excludes halogenated alkanes) is 1. The Hall–Kier alpha value is -3.66. The Morgan fingerprint density at radius 2 is 1.38 bits per heavy atom. The average molecular weight is 452 g/mol. The summed E-state index contributed by atoms with van der Waals surface area (Å²) in [4.78, 5) is 21.3. The summed E-state index contributed by atoms with van der Waals surface area (Å²) in [6.07, 6.45) is 2.92. The summed E-state index contributed by atoms with van der Waals surface area (Å²) >= 11 is 0. The second-order valence-corrected chi connectivity index (χ2v) is 8.58. The number of nitrogens with zero attached hydrogens (tertiary/aromatic N) is 3. The predicted octanol–water partition coefficient (Wildman–Crippen LogP) is 7.07. The molecule has 0 bridgehead atoms. The highest BCUT2D eigenvalue weighted by atomic mass is 16.2. The Morgan fingerprint density at radius 3 is 1.97 bits per heavy atom. The molecular weight excluding hydrogens is 418 g/mol. The lowest BCUT2D eigenvalue weighted by Crippen LogP contribution is -2.33. The minimum absolute atomic E-state index is 0.0410. The molecule has 0 aliphatic carbocycles. The second-order valence-electron chi connectivity index (χ2n) is 8.58. The van der Waals surface area contributed by atoms with Gasteiger partial charge in [-0.1, -0.05) is 111 Å². The van der Waals surface area contributed by atoms with Crippen LogP contribution in [-0.2, 0) is 13.1 Å². The van der Waals surface area contributed by atoms with E-state index in [1.54, 1.807) is 0 Å². The van der Waals surface area contributed by atoms with Gasteiger partial charge in [-0.05, 0) is 18.4 Å². The monoisotopic (exact) mass is 451 g/mol. The highest BCUT2D eigenvalue weighted by Crippen LogP contribution is 2.31. The molecule has 3 aromatic carbocycles. The van der Waals surface area contributed by atoms with Crippen LogP contribution >= 0.6 is 0 Å². The van der Waals surface area contributed by atoms with E-state index in [-0.39, 0.29) is 5.91 Å². The Morgan fingerprint density at radius 1 is 0.794 bits per heavy atom. The fourth-order valence-electron chi connectivity index (χ4n) is 4.27. The average Bonchev–Trinajstić information content (AvgIpc) is 3.27. The van der Waals surface area contributed by atoms with E-state index in [4.69, 9.17) is 4.98 Å². The Labute approximate surface area is 202 Å². The van der Waals surface area contributed by atoms with Crippen LogP contribution in [0.4, 0.5) is 0 Å². The number of benzene rings is 3. The van der Waals surface area contributed by atoms with Gasteiger partial charge in [-0.2, -0.15) is 0 Å². The van der Waals surface area contributed by atoms with Crippen molar-refractivity contribution in [1.82, 2.24) is 14.5 Å². The summed E-state index contributed by atoms with van der Waals surface area (Å²) in [7, 11) is 0. The maximum atomic E-state index is 14.3. The number of imidazole rings is 1. The number of rotatable bonds is 10. The van der Waals surface area contributed by atoms with Gasteiger partial charge in [0.05, 0.1) is 0 Å². The fourth-order valence-corrected chi connectivity index (χ4v) is 4.27. The van der Waals surface area contributed by atoms with E-state index in [0.717, 1.165) is 60.6 Å². The number of amides is 1. The molecule has 0 unspecified atom stereocenters. The molecule has 0 radical (unpaired) electrons. The van der Waals surface area contributed by atoms with Crippen LogP contribution < -0.4 is 0 Å². The van der Waals surface area contributed by atoms with Gasteiger partial charge >= 0.3 is 0 Å². The van der Waals surface area contributed by atoms with Gasteiger partial charge in [0.25, 0.3) is 5.91 Å². The van der Waals surface area contributed by atoms with Crippen molar-refractivity contribution in [1.29, 1.82) is 0 Å². The van der Waals surface area contributed by atoms with Crippen LogP contribution in [0.25, 0.3) is 22.6 Å². The number of carbonyl (C=O) groups excluding carboxylic acids is 1. The van der Waals surface area contributed by atoms with E-state index in [9.17, 15) is 4.79 Å². The predicted molar refractivity (Wildman–Crippen MR) is 139 cm³/mol. The molecule has 1 aromatic heterocycles. The molecule has 1 heterocycles. The van der Waals surface area contributed by atoms with Crippen LogP contribution in [-0.4, -0.2) is 26.9 Å². The summed E-state index contributed by atoms with van der Waals surface area (Å²) in [5, 5.41) is 0.